The van der Waals surface area contributed by atoms with Crippen LogP contribution in [0, 0.1) is 6.92 Å². The Morgan fingerprint density at radius 2 is 1.66 bits per heavy atom. The molecule has 0 aliphatic heterocycles. The number of aromatic carboxylic acids is 1. The molecular weight excluding hydrogens is 444 g/mol. The largest absolute Gasteiger partial charge is 0.493 e. The van der Waals surface area contributed by atoms with Crippen molar-refractivity contribution < 1.29 is 19.1 Å². The Hall–Kier alpha value is -4.72. The molecular formula is C27H22N4O4. The second-order valence-electron chi connectivity index (χ2n) is 7.84. The molecule has 0 atom stereocenters. The molecule has 0 aliphatic carbocycles. The van der Waals surface area contributed by atoms with Crippen molar-refractivity contribution in [3.63, 3.8) is 0 Å². The molecule has 174 valence electrons. The van der Waals surface area contributed by atoms with Gasteiger partial charge in [-0.25, -0.2) is 9.78 Å². The topological polar surface area (TPSA) is 103 Å². The first-order valence-corrected chi connectivity index (χ1v) is 11.1. The summed E-state index contributed by atoms with van der Waals surface area (Å²) in [4.78, 5) is 17.8. The Bertz CT molecular complexity index is 1460. The van der Waals surface area contributed by atoms with E-state index in [1.807, 2.05) is 73.7 Å². The van der Waals surface area contributed by atoms with Gasteiger partial charge in [0.2, 0.25) is 5.89 Å². The van der Waals surface area contributed by atoms with Gasteiger partial charge in [0, 0.05) is 17.5 Å². The molecule has 8 heteroatoms. The second kappa shape index (κ2) is 9.64. The molecule has 3 aromatic carbocycles. The van der Waals surface area contributed by atoms with Crippen LogP contribution in [0.15, 0.2) is 89.3 Å². The fourth-order valence-corrected chi connectivity index (χ4v) is 3.68. The number of ether oxygens (including phenoxy) is 1. The molecule has 0 saturated carbocycles. The van der Waals surface area contributed by atoms with Gasteiger partial charge < -0.3 is 14.3 Å². The molecule has 2 heterocycles. The summed E-state index contributed by atoms with van der Waals surface area (Å²) in [5.41, 5.74) is 3.18. The van der Waals surface area contributed by atoms with Gasteiger partial charge in [-0.3, -0.25) is 0 Å². The molecule has 35 heavy (non-hydrogen) atoms. The minimum atomic E-state index is -1.15. The molecule has 0 saturated heterocycles. The highest BCUT2D eigenvalue weighted by Crippen LogP contribution is 2.26. The van der Waals surface area contributed by atoms with Crippen LogP contribution >= 0.6 is 0 Å². The van der Waals surface area contributed by atoms with Gasteiger partial charge in [-0.1, -0.05) is 48.5 Å². The first-order chi connectivity index (χ1) is 17.1. The zero-order chi connectivity index (χ0) is 24.2. The highest BCUT2D eigenvalue weighted by Gasteiger charge is 2.20. The summed E-state index contributed by atoms with van der Waals surface area (Å²) in [5, 5.41) is 18.3. The molecule has 5 aromatic rings. The van der Waals surface area contributed by atoms with E-state index in [-0.39, 0.29) is 11.4 Å². The Kier molecular flexibility index (Phi) is 6.09. The highest BCUT2D eigenvalue weighted by molar-refractivity contribution is 5.92. The van der Waals surface area contributed by atoms with E-state index >= 15 is 0 Å². The molecule has 0 fully saturated rings. The lowest BCUT2D eigenvalue weighted by Crippen LogP contribution is -2.03. The van der Waals surface area contributed by atoms with Gasteiger partial charge in [0.05, 0.1) is 18.0 Å². The number of benzene rings is 3. The number of hydrogen-bond donors (Lipinski definition) is 1. The van der Waals surface area contributed by atoms with Gasteiger partial charge in [0.15, 0.2) is 5.69 Å². The number of hydrogen-bond acceptors (Lipinski definition) is 6. The third-order valence-corrected chi connectivity index (χ3v) is 5.43. The molecule has 0 unspecified atom stereocenters. The predicted octanol–water partition coefficient (Wildman–Crippen LogP) is 5.22. The van der Waals surface area contributed by atoms with Crippen LogP contribution in [0.5, 0.6) is 5.75 Å². The van der Waals surface area contributed by atoms with Crippen molar-refractivity contribution in [1.82, 2.24) is 20.0 Å². The van der Waals surface area contributed by atoms with Gasteiger partial charge in [-0.2, -0.15) is 4.80 Å². The zero-order valence-corrected chi connectivity index (χ0v) is 19.0. The Labute approximate surface area is 201 Å². The van der Waals surface area contributed by atoms with Crippen LogP contribution in [0.4, 0.5) is 0 Å². The molecule has 0 bridgehead atoms. The van der Waals surface area contributed by atoms with Crippen molar-refractivity contribution in [2.45, 2.75) is 13.3 Å². The van der Waals surface area contributed by atoms with Crippen molar-refractivity contribution in [1.29, 1.82) is 0 Å². The van der Waals surface area contributed by atoms with Crippen molar-refractivity contribution in [3.8, 4) is 34.1 Å². The molecule has 0 amide bonds. The third kappa shape index (κ3) is 4.81. The van der Waals surface area contributed by atoms with Crippen LogP contribution in [0.2, 0.25) is 0 Å². The van der Waals surface area contributed by atoms with E-state index in [0.29, 0.717) is 35.9 Å². The smallest absolute Gasteiger partial charge is 0.358 e. The van der Waals surface area contributed by atoms with Gasteiger partial charge in [-0.05, 0) is 43.3 Å². The lowest BCUT2D eigenvalue weighted by atomic mass is 10.1. The number of aromatic nitrogens is 4. The lowest BCUT2D eigenvalue weighted by Gasteiger charge is -2.07. The van der Waals surface area contributed by atoms with Gasteiger partial charge in [0.25, 0.3) is 0 Å². The van der Waals surface area contributed by atoms with Gasteiger partial charge >= 0.3 is 5.97 Å². The summed E-state index contributed by atoms with van der Waals surface area (Å²) < 4.78 is 11.8. The average Bonchev–Trinajstić information content (AvgIpc) is 3.50. The fraction of sp³-hybridized carbons (Fsp3) is 0.111. The molecule has 1 N–H and O–H groups in total. The number of para-hydroxylation sites is 1. The van der Waals surface area contributed by atoms with Gasteiger partial charge in [-0.15, -0.1) is 10.2 Å². The molecule has 0 spiro atoms. The Balaban J connectivity index is 1.32. The van der Waals surface area contributed by atoms with E-state index in [9.17, 15) is 9.90 Å². The normalized spacial score (nSPS) is 10.9. The number of oxazole rings is 1. The van der Waals surface area contributed by atoms with E-state index < -0.39 is 5.97 Å². The predicted molar refractivity (Wildman–Crippen MR) is 130 cm³/mol. The molecule has 0 aliphatic rings. The molecule has 8 nitrogen and oxygen atoms in total. The molecule has 2 aromatic heterocycles. The van der Waals surface area contributed by atoms with Crippen LogP contribution < -0.4 is 4.74 Å². The lowest BCUT2D eigenvalue weighted by molar-refractivity contribution is 0.0690. The first-order valence-electron chi connectivity index (χ1n) is 11.1. The first kappa shape index (κ1) is 22.1. The SMILES string of the molecule is Cc1oc(-c2ccccc2)nc1CCOc1cccc(-c2nn(-c3ccccc3)nc2C(=O)O)c1. The van der Waals surface area contributed by atoms with Crippen LogP contribution in [0.25, 0.3) is 28.4 Å². The van der Waals surface area contributed by atoms with Crippen molar-refractivity contribution in [2.75, 3.05) is 6.61 Å². The number of carboxylic acid groups (broad SMARTS) is 1. The van der Waals surface area contributed by atoms with Crippen LogP contribution in [-0.2, 0) is 6.42 Å². The van der Waals surface area contributed by atoms with Crippen molar-refractivity contribution in [3.05, 3.63) is 102 Å². The van der Waals surface area contributed by atoms with Crippen LogP contribution in [0.1, 0.15) is 21.9 Å². The van der Waals surface area contributed by atoms with E-state index in [0.717, 1.165) is 17.0 Å². The molecule has 0 radical (unpaired) electrons. The number of aryl methyl sites for hydroxylation is 1. The van der Waals surface area contributed by atoms with E-state index in [2.05, 4.69) is 15.2 Å². The Morgan fingerprint density at radius 3 is 2.40 bits per heavy atom. The van der Waals surface area contributed by atoms with E-state index in [4.69, 9.17) is 9.15 Å². The Morgan fingerprint density at radius 1 is 0.943 bits per heavy atom. The number of rotatable bonds is 8. The maximum Gasteiger partial charge on any atom is 0.358 e. The maximum absolute atomic E-state index is 11.8. The third-order valence-electron chi connectivity index (χ3n) is 5.43. The minimum absolute atomic E-state index is 0.127. The summed E-state index contributed by atoms with van der Waals surface area (Å²) >= 11 is 0. The van der Waals surface area contributed by atoms with Crippen molar-refractivity contribution >= 4 is 5.97 Å². The zero-order valence-electron chi connectivity index (χ0n) is 19.0. The summed E-state index contributed by atoms with van der Waals surface area (Å²) in [7, 11) is 0. The van der Waals surface area contributed by atoms with Crippen LogP contribution in [0.3, 0.4) is 0 Å². The number of nitrogens with zero attached hydrogens (tertiary/aromatic N) is 4. The van der Waals surface area contributed by atoms with E-state index in [1.165, 1.54) is 4.80 Å². The van der Waals surface area contributed by atoms with Crippen LogP contribution in [-0.4, -0.2) is 37.7 Å². The number of carboxylic acids is 1. The minimum Gasteiger partial charge on any atom is -0.493 e. The number of carbonyl (C=O) groups is 1. The quantitative estimate of drug-likeness (QED) is 0.334. The standard InChI is InChI=1S/C27H22N4O4/c1-18-23(28-26(35-18)19-9-4-2-5-10-19)15-16-34-22-14-8-11-20(17-22)24-25(27(32)33)30-31(29-24)21-12-6-3-7-13-21/h2-14,17H,15-16H2,1H3,(H,32,33). The summed E-state index contributed by atoms with van der Waals surface area (Å²) in [6.07, 6.45) is 0.566. The molecule has 5 rings (SSSR count). The summed E-state index contributed by atoms with van der Waals surface area (Å²) in [5.74, 6) is 0.786. The highest BCUT2D eigenvalue weighted by atomic mass is 16.5. The summed E-state index contributed by atoms with van der Waals surface area (Å²) in [6, 6.07) is 26.1. The maximum atomic E-state index is 11.8. The monoisotopic (exact) mass is 466 g/mol. The van der Waals surface area contributed by atoms with Gasteiger partial charge in [0.1, 0.15) is 17.2 Å². The van der Waals surface area contributed by atoms with E-state index in [1.54, 1.807) is 18.2 Å². The summed E-state index contributed by atoms with van der Waals surface area (Å²) in [6.45, 7) is 2.27. The van der Waals surface area contributed by atoms with Crippen molar-refractivity contribution in [2.24, 2.45) is 0 Å². The second-order valence-corrected chi connectivity index (χ2v) is 7.84. The average molecular weight is 466 g/mol. The fourth-order valence-electron chi connectivity index (χ4n) is 3.68.